The van der Waals surface area contributed by atoms with Gasteiger partial charge in [-0.1, -0.05) is 13.3 Å². The van der Waals surface area contributed by atoms with Gasteiger partial charge in [-0.25, -0.2) is 0 Å². The molecule has 1 N–H and O–H groups in total. The average Bonchev–Trinajstić information content (AvgIpc) is 2.47. The number of hydrogen-bond donors (Lipinski definition) is 1. The van der Waals surface area contributed by atoms with Crippen molar-refractivity contribution in [1.29, 1.82) is 5.26 Å². The number of piperidine rings is 1. The average molecular weight is 274 g/mol. The van der Waals surface area contributed by atoms with E-state index in [9.17, 15) is 9.90 Å². The van der Waals surface area contributed by atoms with Gasteiger partial charge in [-0.05, 0) is 25.3 Å². The zero-order valence-corrected chi connectivity index (χ0v) is 11.5. The van der Waals surface area contributed by atoms with Crippen LogP contribution in [0.1, 0.15) is 38.2 Å². The number of carboxylic acids is 1. The van der Waals surface area contributed by atoms with Crippen LogP contribution in [0.5, 0.6) is 0 Å². The third-order valence-corrected chi connectivity index (χ3v) is 3.88. The third kappa shape index (κ3) is 2.57. The number of carbonyl (C=O) groups is 1. The summed E-state index contributed by atoms with van der Waals surface area (Å²) in [6, 6.07) is 3.70. The van der Waals surface area contributed by atoms with Crippen LogP contribution in [-0.2, 0) is 4.79 Å². The number of nitriles is 1. The van der Waals surface area contributed by atoms with Crippen molar-refractivity contribution < 1.29 is 9.90 Å². The molecule has 0 amide bonds. The van der Waals surface area contributed by atoms with Crippen LogP contribution in [-0.4, -0.2) is 34.4 Å². The molecule has 1 fully saturated rings. The maximum atomic E-state index is 11.7. The smallest absolute Gasteiger partial charge is 0.311 e. The zero-order chi connectivity index (χ0) is 14.6. The Morgan fingerprint density at radius 2 is 2.45 bits per heavy atom. The van der Waals surface area contributed by atoms with E-state index in [1.54, 1.807) is 6.07 Å². The molecule has 0 spiro atoms. The second-order valence-corrected chi connectivity index (χ2v) is 5.24. The normalized spacial score (nSPS) is 22.3. The molecule has 0 radical (unpaired) electrons. The highest BCUT2D eigenvalue weighted by molar-refractivity contribution is 5.76. The zero-order valence-electron chi connectivity index (χ0n) is 11.5. The van der Waals surface area contributed by atoms with Gasteiger partial charge in [0.2, 0.25) is 0 Å². The fourth-order valence-corrected chi connectivity index (χ4v) is 2.92. The lowest BCUT2D eigenvalue weighted by Gasteiger charge is -2.40. The summed E-state index contributed by atoms with van der Waals surface area (Å²) in [5.74, 6) is -0.261. The highest BCUT2D eigenvalue weighted by Gasteiger charge is 2.42. The van der Waals surface area contributed by atoms with E-state index in [0.717, 1.165) is 12.8 Å². The van der Waals surface area contributed by atoms with Gasteiger partial charge in [0.15, 0.2) is 5.82 Å². The van der Waals surface area contributed by atoms with Crippen LogP contribution in [0.4, 0.5) is 5.82 Å². The molecule has 6 nitrogen and oxygen atoms in total. The van der Waals surface area contributed by atoms with Crippen molar-refractivity contribution in [3.05, 3.63) is 17.8 Å². The van der Waals surface area contributed by atoms with Crippen molar-refractivity contribution in [2.45, 2.75) is 32.6 Å². The second kappa shape index (κ2) is 5.87. The minimum absolute atomic E-state index is 0.392. The van der Waals surface area contributed by atoms with E-state index in [0.29, 0.717) is 37.3 Å². The number of nitrogens with zero attached hydrogens (tertiary/aromatic N) is 4. The van der Waals surface area contributed by atoms with Crippen molar-refractivity contribution in [1.82, 2.24) is 10.2 Å². The van der Waals surface area contributed by atoms with Crippen molar-refractivity contribution in [3.8, 4) is 6.07 Å². The monoisotopic (exact) mass is 274 g/mol. The predicted molar refractivity (Wildman–Crippen MR) is 73.2 cm³/mol. The van der Waals surface area contributed by atoms with Crippen LogP contribution >= 0.6 is 0 Å². The van der Waals surface area contributed by atoms with Gasteiger partial charge in [0.25, 0.3) is 0 Å². The number of hydrogen-bond acceptors (Lipinski definition) is 5. The van der Waals surface area contributed by atoms with Crippen LogP contribution in [0.2, 0.25) is 0 Å². The molecule has 2 heterocycles. The maximum Gasteiger partial charge on any atom is 0.311 e. The first kappa shape index (κ1) is 14.3. The standard InChI is InChI=1S/C14H18N4O2/c1-2-5-14(13(19)20)6-3-8-18(10-14)12-11(9-15)4-7-16-17-12/h4,7H,2-3,5-6,8,10H2,1H3,(H,19,20). The summed E-state index contributed by atoms with van der Waals surface area (Å²) in [4.78, 5) is 13.6. The number of aromatic nitrogens is 2. The van der Waals surface area contributed by atoms with Gasteiger partial charge in [0.05, 0.1) is 17.2 Å². The SMILES string of the molecule is CCCC1(C(=O)O)CCCN(c2nnccc2C#N)C1. The molecule has 2 rings (SSSR count). The molecule has 1 unspecified atom stereocenters. The quantitative estimate of drug-likeness (QED) is 0.900. The van der Waals surface area contributed by atoms with Crippen LogP contribution in [0.25, 0.3) is 0 Å². The van der Waals surface area contributed by atoms with Gasteiger partial charge in [0, 0.05) is 13.1 Å². The Balaban J connectivity index is 2.30. The number of rotatable bonds is 4. The molecule has 1 aromatic rings. The van der Waals surface area contributed by atoms with E-state index in [2.05, 4.69) is 16.3 Å². The Morgan fingerprint density at radius 1 is 1.65 bits per heavy atom. The van der Waals surface area contributed by atoms with Crippen LogP contribution < -0.4 is 4.90 Å². The van der Waals surface area contributed by atoms with Crippen LogP contribution in [0.3, 0.4) is 0 Å². The molecular weight excluding hydrogens is 256 g/mol. The van der Waals surface area contributed by atoms with Gasteiger partial charge < -0.3 is 10.0 Å². The third-order valence-electron chi connectivity index (χ3n) is 3.88. The molecule has 1 saturated heterocycles. The Hall–Kier alpha value is -2.16. The van der Waals surface area contributed by atoms with Gasteiger partial charge in [-0.3, -0.25) is 4.79 Å². The van der Waals surface area contributed by atoms with Gasteiger partial charge in [-0.15, -0.1) is 5.10 Å². The lowest BCUT2D eigenvalue weighted by atomic mass is 9.76. The Morgan fingerprint density at radius 3 is 3.10 bits per heavy atom. The first-order valence-corrected chi connectivity index (χ1v) is 6.83. The van der Waals surface area contributed by atoms with Crippen molar-refractivity contribution in [2.75, 3.05) is 18.0 Å². The summed E-state index contributed by atoms with van der Waals surface area (Å²) in [5, 5.41) is 26.5. The molecular formula is C14H18N4O2. The molecule has 0 bridgehead atoms. The van der Waals surface area contributed by atoms with E-state index in [4.69, 9.17) is 5.26 Å². The first-order valence-electron chi connectivity index (χ1n) is 6.83. The molecule has 1 aliphatic heterocycles. The van der Waals surface area contributed by atoms with Crippen LogP contribution in [0.15, 0.2) is 12.3 Å². The minimum atomic E-state index is -0.758. The Bertz CT molecular complexity index is 536. The second-order valence-electron chi connectivity index (χ2n) is 5.24. The van der Waals surface area contributed by atoms with Crippen molar-refractivity contribution >= 4 is 11.8 Å². The minimum Gasteiger partial charge on any atom is -0.481 e. The molecule has 1 aromatic heterocycles. The lowest BCUT2D eigenvalue weighted by molar-refractivity contribution is -0.150. The van der Waals surface area contributed by atoms with E-state index in [-0.39, 0.29) is 0 Å². The summed E-state index contributed by atoms with van der Waals surface area (Å²) < 4.78 is 0. The largest absolute Gasteiger partial charge is 0.481 e. The first-order chi connectivity index (χ1) is 9.63. The van der Waals surface area contributed by atoms with Crippen molar-refractivity contribution in [2.24, 2.45) is 5.41 Å². The van der Waals surface area contributed by atoms with E-state index in [1.165, 1.54) is 6.20 Å². The molecule has 6 heteroatoms. The molecule has 106 valence electrons. The van der Waals surface area contributed by atoms with Gasteiger partial charge >= 0.3 is 5.97 Å². The van der Waals surface area contributed by atoms with Crippen molar-refractivity contribution in [3.63, 3.8) is 0 Å². The van der Waals surface area contributed by atoms with E-state index in [1.807, 2.05) is 11.8 Å². The van der Waals surface area contributed by atoms with E-state index >= 15 is 0 Å². The molecule has 0 saturated carbocycles. The number of aliphatic carboxylic acids is 1. The summed E-state index contributed by atoms with van der Waals surface area (Å²) >= 11 is 0. The molecule has 1 aliphatic rings. The Kier molecular flexibility index (Phi) is 4.18. The predicted octanol–water partition coefficient (Wildman–Crippen LogP) is 1.82. The Labute approximate surface area is 118 Å². The summed E-state index contributed by atoms with van der Waals surface area (Å²) in [5.41, 5.74) is -0.297. The van der Waals surface area contributed by atoms with Gasteiger partial charge in [-0.2, -0.15) is 10.4 Å². The molecule has 0 aromatic carbocycles. The number of anilines is 1. The maximum absolute atomic E-state index is 11.7. The molecule has 20 heavy (non-hydrogen) atoms. The van der Waals surface area contributed by atoms with Crippen LogP contribution in [0, 0.1) is 16.7 Å². The molecule has 1 atom stereocenters. The lowest BCUT2D eigenvalue weighted by Crippen LogP contribution is -2.48. The summed E-state index contributed by atoms with van der Waals surface area (Å²) in [7, 11) is 0. The fraction of sp³-hybridized carbons (Fsp3) is 0.571. The topological polar surface area (TPSA) is 90.1 Å². The molecule has 0 aliphatic carbocycles. The fourth-order valence-electron chi connectivity index (χ4n) is 2.92. The summed E-state index contributed by atoms with van der Waals surface area (Å²) in [6.07, 6.45) is 4.40. The highest BCUT2D eigenvalue weighted by atomic mass is 16.4. The van der Waals surface area contributed by atoms with Gasteiger partial charge in [0.1, 0.15) is 6.07 Å². The highest BCUT2D eigenvalue weighted by Crippen LogP contribution is 2.36. The summed E-state index contributed by atoms with van der Waals surface area (Å²) in [6.45, 7) is 3.10. The number of carboxylic acid groups (broad SMARTS) is 1. The van der Waals surface area contributed by atoms with E-state index < -0.39 is 11.4 Å².